The van der Waals surface area contributed by atoms with Gasteiger partial charge in [-0.25, -0.2) is 4.68 Å². The predicted molar refractivity (Wildman–Crippen MR) is 121 cm³/mol. The van der Waals surface area contributed by atoms with Gasteiger partial charge in [0, 0.05) is 25.8 Å². The summed E-state index contributed by atoms with van der Waals surface area (Å²) < 4.78 is 6.99. The first-order valence-electron chi connectivity index (χ1n) is 10.8. The fourth-order valence-electron chi connectivity index (χ4n) is 4.58. The van der Waals surface area contributed by atoms with Crippen molar-refractivity contribution in [3.63, 3.8) is 0 Å². The van der Waals surface area contributed by atoms with Gasteiger partial charge in [-0.3, -0.25) is 9.69 Å². The first kappa shape index (κ1) is 20.5. The van der Waals surface area contributed by atoms with Crippen molar-refractivity contribution in [3.8, 4) is 0 Å². The Kier molecular flexibility index (Phi) is 5.55. The SMILES string of the molecule is COCCn1nnnc1C(c1cc2cccc(C)c2[nH]c1=O)N1CCc2ccccc2C1. The molecule has 0 spiro atoms. The van der Waals surface area contributed by atoms with E-state index in [1.807, 2.05) is 31.2 Å². The largest absolute Gasteiger partial charge is 0.383 e. The maximum Gasteiger partial charge on any atom is 0.253 e. The van der Waals surface area contributed by atoms with E-state index in [2.05, 4.69) is 49.7 Å². The first-order valence-corrected chi connectivity index (χ1v) is 10.8. The fraction of sp³-hybridized carbons (Fsp3) is 0.333. The third-order valence-electron chi connectivity index (χ3n) is 6.25. The topological polar surface area (TPSA) is 88.9 Å². The normalized spacial score (nSPS) is 15.1. The third-order valence-corrected chi connectivity index (χ3v) is 6.25. The van der Waals surface area contributed by atoms with E-state index in [9.17, 15) is 4.79 Å². The maximum atomic E-state index is 13.4. The molecule has 5 rings (SSSR count). The van der Waals surface area contributed by atoms with Gasteiger partial charge in [0.2, 0.25) is 0 Å². The van der Waals surface area contributed by atoms with Crippen LogP contribution in [0, 0.1) is 6.92 Å². The van der Waals surface area contributed by atoms with Crippen molar-refractivity contribution in [2.45, 2.75) is 32.5 Å². The number of benzene rings is 2. The van der Waals surface area contributed by atoms with E-state index in [1.165, 1.54) is 11.1 Å². The zero-order chi connectivity index (χ0) is 22.1. The predicted octanol–water partition coefficient (Wildman–Crippen LogP) is 2.62. The van der Waals surface area contributed by atoms with E-state index in [0.29, 0.717) is 24.5 Å². The average molecular weight is 431 g/mol. The molecule has 1 aliphatic heterocycles. The van der Waals surface area contributed by atoms with Crippen molar-refractivity contribution in [2.75, 3.05) is 20.3 Å². The molecule has 8 nitrogen and oxygen atoms in total. The van der Waals surface area contributed by atoms with Crippen LogP contribution in [0.3, 0.4) is 0 Å². The molecule has 0 aliphatic carbocycles. The van der Waals surface area contributed by atoms with Crippen molar-refractivity contribution >= 4 is 10.9 Å². The molecule has 4 aromatic rings. The molecule has 0 saturated heterocycles. The van der Waals surface area contributed by atoms with E-state index in [0.717, 1.165) is 36.0 Å². The zero-order valence-electron chi connectivity index (χ0n) is 18.3. The summed E-state index contributed by atoms with van der Waals surface area (Å²) in [6.07, 6.45) is 0.914. The number of hydrogen-bond acceptors (Lipinski definition) is 6. The average Bonchev–Trinajstić information content (AvgIpc) is 3.27. The summed E-state index contributed by atoms with van der Waals surface area (Å²) in [5.74, 6) is 0.652. The number of nitrogens with one attached hydrogen (secondary N) is 1. The van der Waals surface area contributed by atoms with Gasteiger partial charge in [0.15, 0.2) is 5.82 Å². The fourth-order valence-corrected chi connectivity index (χ4v) is 4.58. The second-order valence-electron chi connectivity index (χ2n) is 8.24. The minimum absolute atomic E-state index is 0.114. The van der Waals surface area contributed by atoms with Gasteiger partial charge >= 0.3 is 0 Å². The molecule has 8 heteroatoms. The number of H-pyrrole nitrogens is 1. The molecule has 2 aromatic carbocycles. The quantitative estimate of drug-likeness (QED) is 0.506. The Bertz CT molecular complexity index is 1310. The van der Waals surface area contributed by atoms with Gasteiger partial charge in [-0.1, -0.05) is 42.5 Å². The molecule has 0 fully saturated rings. The molecule has 1 N–H and O–H groups in total. The number of hydrogen-bond donors (Lipinski definition) is 1. The Balaban J connectivity index is 1.64. The van der Waals surface area contributed by atoms with Gasteiger partial charge in [0.1, 0.15) is 6.04 Å². The molecule has 164 valence electrons. The van der Waals surface area contributed by atoms with Crippen LogP contribution in [0.15, 0.2) is 53.3 Å². The van der Waals surface area contributed by atoms with Gasteiger partial charge in [0.25, 0.3) is 5.56 Å². The van der Waals surface area contributed by atoms with Gasteiger partial charge in [-0.05, 0) is 51.9 Å². The molecule has 0 saturated carbocycles. The highest BCUT2D eigenvalue weighted by Crippen LogP contribution is 2.31. The molecular formula is C24H26N6O2. The highest BCUT2D eigenvalue weighted by Gasteiger charge is 2.32. The molecule has 0 amide bonds. The summed E-state index contributed by atoms with van der Waals surface area (Å²) in [6, 6.07) is 16.1. The lowest BCUT2D eigenvalue weighted by Crippen LogP contribution is -2.38. The minimum Gasteiger partial charge on any atom is -0.383 e. The Morgan fingerprint density at radius 3 is 2.84 bits per heavy atom. The number of rotatable bonds is 6. The van der Waals surface area contributed by atoms with Crippen molar-refractivity contribution in [3.05, 3.63) is 87.0 Å². The van der Waals surface area contributed by atoms with Crippen LogP contribution in [0.25, 0.3) is 10.9 Å². The van der Waals surface area contributed by atoms with E-state index in [4.69, 9.17) is 4.74 Å². The van der Waals surface area contributed by atoms with Gasteiger partial charge in [0.05, 0.1) is 18.7 Å². The smallest absolute Gasteiger partial charge is 0.253 e. The van der Waals surface area contributed by atoms with Crippen LogP contribution in [-0.4, -0.2) is 50.4 Å². The van der Waals surface area contributed by atoms with Crippen LogP contribution in [-0.2, 0) is 24.2 Å². The van der Waals surface area contributed by atoms with Crippen LogP contribution in [0.1, 0.15) is 34.1 Å². The van der Waals surface area contributed by atoms with Crippen molar-refractivity contribution in [1.29, 1.82) is 0 Å². The van der Waals surface area contributed by atoms with Crippen LogP contribution >= 0.6 is 0 Å². The van der Waals surface area contributed by atoms with Crippen molar-refractivity contribution in [2.24, 2.45) is 0 Å². The Morgan fingerprint density at radius 1 is 1.16 bits per heavy atom. The number of nitrogens with zero attached hydrogens (tertiary/aromatic N) is 5. The molecular weight excluding hydrogens is 404 g/mol. The zero-order valence-corrected chi connectivity index (χ0v) is 18.3. The summed E-state index contributed by atoms with van der Waals surface area (Å²) in [7, 11) is 1.65. The van der Waals surface area contributed by atoms with Crippen molar-refractivity contribution in [1.82, 2.24) is 30.1 Å². The number of tetrazole rings is 1. The second-order valence-corrected chi connectivity index (χ2v) is 8.24. The molecule has 3 heterocycles. The summed E-state index contributed by atoms with van der Waals surface area (Å²) in [4.78, 5) is 18.8. The second kappa shape index (κ2) is 8.64. The Labute approximate surface area is 185 Å². The monoisotopic (exact) mass is 430 g/mol. The number of para-hydroxylation sites is 1. The summed E-state index contributed by atoms with van der Waals surface area (Å²) in [5.41, 5.74) is 5.06. The number of aromatic nitrogens is 5. The van der Waals surface area contributed by atoms with Gasteiger partial charge in [-0.2, -0.15) is 0 Å². The minimum atomic E-state index is -0.371. The lowest BCUT2D eigenvalue weighted by atomic mass is 9.95. The summed E-state index contributed by atoms with van der Waals surface area (Å²) >= 11 is 0. The number of aryl methyl sites for hydroxylation is 1. The molecule has 1 aliphatic rings. The number of fused-ring (bicyclic) bond motifs is 2. The molecule has 0 radical (unpaired) electrons. The van der Waals surface area contributed by atoms with E-state index in [1.54, 1.807) is 11.8 Å². The molecule has 32 heavy (non-hydrogen) atoms. The van der Waals surface area contributed by atoms with Crippen LogP contribution in [0.2, 0.25) is 0 Å². The van der Waals surface area contributed by atoms with Crippen LogP contribution in [0.4, 0.5) is 0 Å². The highest BCUT2D eigenvalue weighted by molar-refractivity contribution is 5.82. The number of pyridine rings is 1. The van der Waals surface area contributed by atoms with Crippen LogP contribution in [0.5, 0.6) is 0 Å². The Morgan fingerprint density at radius 2 is 2.00 bits per heavy atom. The lowest BCUT2D eigenvalue weighted by molar-refractivity contribution is 0.169. The molecule has 0 bridgehead atoms. The first-order chi connectivity index (χ1) is 15.7. The lowest BCUT2D eigenvalue weighted by Gasteiger charge is -2.34. The van der Waals surface area contributed by atoms with E-state index < -0.39 is 0 Å². The maximum absolute atomic E-state index is 13.4. The molecule has 1 unspecified atom stereocenters. The van der Waals surface area contributed by atoms with Gasteiger partial charge in [-0.15, -0.1) is 5.10 Å². The summed E-state index contributed by atoms with van der Waals surface area (Å²) in [6.45, 7) is 4.54. The van der Waals surface area contributed by atoms with Crippen molar-refractivity contribution < 1.29 is 4.74 Å². The Hall–Kier alpha value is -3.36. The van der Waals surface area contributed by atoms with Crippen LogP contribution < -0.4 is 5.56 Å². The number of ether oxygens (including phenoxy) is 1. The number of methoxy groups -OCH3 is 1. The van der Waals surface area contributed by atoms with Gasteiger partial charge < -0.3 is 9.72 Å². The molecule has 2 aromatic heterocycles. The highest BCUT2D eigenvalue weighted by atomic mass is 16.5. The van der Waals surface area contributed by atoms with E-state index in [-0.39, 0.29) is 11.6 Å². The van der Waals surface area contributed by atoms with E-state index >= 15 is 0 Å². The standard InChI is InChI=1S/C24H26N6O2/c1-16-6-5-9-18-14-20(24(31)25-21(16)18)22(23-26-27-28-30(23)12-13-32-2)29-11-10-17-7-3-4-8-19(17)15-29/h3-9,14,22H,10-13,15H2,1-2H3,(H,25,31). The molecule has 1 atom stereocenters. The number of aromatic amines is 1. The summed E-state index contributed by atoms with van der Waals surface area (Å²) in [5, 5.41) is 13.5. The third kappa shape index (κ3) is 3.72.